The number of benzene rings is 1. The lowest BCUT2D eigenvalue weighted by molar-refractivity contribution is -0.122. The molecule has 1 heterocycles. The van der Waals surface area contributed by atoms with E-state index < -0.39 is 5.41 Å². The Balaban J connectivity index is 2.46. The molecule has 0 fully saturated rings. The molecule has 1 aliphatic rings. The van der Waals surface area contributed by atoms with Crippen LogP contribution in [0.4, 0.5) is 5.69 Å². The van der Waals surface area contributed by atoms with Crippen LogP contribution in [0.3, 0.4) is 0 Å². The molecular weight excluding hydrogens is 212 g/mol. The van der Waals surface area contributed by atoms with Crippen molar-refractivity contribution in [2.24, 2.45) is 0 Å². The number of carbonyl (C=O) groups excluding carboxylic acids is 1. The van der Waals surface area contributed by atoms with Gasteiger partial charge in [0.05, 0.1) is 17.9 Å². The summed E-state index contributed by atoms with van der Waals surface area (Å²) in [7, 11) is 0. The number of nitrogens with zero attached hydrogens (tertiary/aromatic N) is 2. The summed E-state index contributed by atoms with van der Waals surface area (Å²) < 4.78 is 0. The molecule has 0 bridgehead atoms. The molecule has 2 rings (SSSR count). The minimum Gasteiger partial charge on any atom is -0.310 e. The fraction of sp³-hybridized carbons (Fsp3) is 0.429. The van der Waals surface area contributed by atoms with Gasteiger partial charge in [-0.1, -0.05) is 25.1 Å². The van der Waals surface area contributed by atoms with Crippen LogP contribution in [-0.2, 0) is 10.2 Å². The molecule has 0 aromatic heterocycles. The molecule has 0 saturated heterocycles. The SMILES string of the molecule is CCC1(C)C(=O)N(CCC#N)c2ccccc21. The Labute approximate surface area is 102 Å². The standard InChI is InChI=1S/C14H16N2O/c1-3-14(2)11-7-4-5-8-12(11)16(13(14)17)10-6-9-15/h4-5,7-8H,3,6,10H2,1-2H3. The summed E-state index contributed by atoms with van der Waals surface area (Å²) in [4.78, 5) is 14.2. The van der Waals surface area contributed by atoms with E-state index in [-0.39, 0.29) is 5.91 Å². The molecule has 88 valence electrons. The van der Waals surface area contributed by atoms with Gasteiger partial charge in [0.1, 0.15) is 0 Å². The van der Waals surface area contributed by atoms with Crippen molar-refractivity contribution < 1.29 is 4.79 Å². The van der Waals surface area contributed by atoms with E-state index in [0.717, 1.165) is 17.7 Å². The second kappa shape index (κ2) is 4.21. The van der Waals surface area contributed by atoms with Crippen molar-refractivity contribution in [3.8, 4) is 6.07 Å². The second-order valence-corrected chi connectivity index (χ2v) is 4.57. The zero-order valence-electron chi connectivity index (χ0n) is 10.2. The first-order valence-corrected chi connectivity index (χ1v) is 5.93. The van der Waals surface area contributed by atoms with Gasteiger partial charge in [-0.3, -0.25) is 4.79 Å². The number of rotatable bonds is 3. The van der Waals surface area contributed by atoms with Crippen molar-refractivity contribution in [3.63, 3.8) is 0 Å². The highest BCUT2D eigenvalue weighted by Gasteiger charge is 2.45. The van der Waals surface area contributed by atoms with E-state index >= 15 is 0 Å². The predicted octanol–water partition coefficient (Wildman–Crippen LogP) is 2.61. The van der Waals surface area contributed by atoms with E-state index in [2.05, 4.69) is 6.07 Å². The van der Waals surface area contributed by atoms with Crippen LogP contribution in [0.15, 0.2) is 24.3 Å². The fourth-order valence-corrected chi connectivity index (χ4v) is 2.42. The third kappa shape index (κ3) is 1.61. The topological polar surface area (TPSA) is 44.1 Å². The van der Waals surface area contributed by atoms with Crippen LogP contribution in [-0.4, -0.2) is 12.5 Å². The molecule has 1 amide bonds. The smallest absolute Gasteiger partial charge is 0.237 e. The summed E-state index contributed by atoms with van der Waals surface area (Å²) >= 11 is 0. The Morgan fingerprint density at radius 2 is 2.12 bits per heavy atom. The van der Waals surface area contributed by atoms with Crippen molar-refractivity contribution in [1.29, 1.82) is 5.26 Å². The van der Waals surface area contributed by atoms with Gasteiger partial charge < -0.3 is 4.90 Å². The van der Waals surface area contributed by atoms with Crippen LogP contribution in [0.1, 0.15) is 32.3 Å². The van der Waals surface area contributed by atoms with Crippen LogP contribution in [0.2, 0.25) is 0 Å². The quantitative estimate of drug-likeness (QED) is 0.798. The lowest BCUT2D eigenvalue weighted by Gasteiger charge is -2.22. The van der Waals surface area contributed by atoms with E-state index in [1.54, 1.807) is 4.90 Å². The molecule has 1 aromatic rings. The Morgan fingerprint density at radius 3 is 2.76 bits per heavy atom. The number of nitriles is 1. The molecule has 17 heavy (non-hydrogen) atoms. The van der Waals surface area contributed by atoms with Crippen molar-refractivity contribution in [1.82, 2.24) is 0 Å². The Kier molecular flexibility index (Phi) is 2.89. The zero-order valence-corrected chi connectivity index (χ0v) is 10.2. The van der Waals surface area contributed by atoms with Crippen LogP contribution < -0.4 is 4.90 Å². The van der Waals surface area contributed by atoms with Crippen molar-refractivity contribution in [2.75, 3.05) is 11.4 Å². The van der Waals surface area contributed by atoms with Crippen LogP contribution >= 0.6 is 0 Å². The first-order chi connectivity index (χ1) is 8.15. The zero-order chi connectivity index (χ0) is 12.5. The van der Waals surface area contributed by atoms with Gasteiger partial charge >= 0.3 is 0 Å². The Morgan fingerprint density at radius 1 is 1.41 bits per heavy atom. The molecule has 3 heteroatoms. The molecule has 1 aliphatic heterocycles. The van der Waals surface area contributed by atoms with E-state index in [1.165, 1.54) is 0 Å². The maximum Gasteiger partial charge on any atom is 0.237 e. The summed E-state index contributed by atoms with van der Waals surface area (Å²) in [6.45, 7) is 4.50. The third-order valence-electron chi connectivity index (χ3n) is 3.66. The number of amides is 1. The number of fused-ring (bicyclic) bond motifs is 1. The molecule has 1 aromatic carbocycles. The number of anilines is 1. The monoisotopic (exact) mass is 228 g/mol. The number of carbonyl (C=O) groups is 1. The van der Waals surface area contributed by atoms with Gasteiger partial charge in [0, 0.05) is 12.2 Å². The number of para-hydroxylation sites is 1. The maximum atomic E-state index is 12.4. The van der Waals surface area contributed by atoms with Gasteiger partial charge in [-0.05, 0) is 25.0 Å². The van der Waals surface area contributed by atoms with Gasteiger partial charge in [-0.25, -0.2) is 0 Å². The average molecular weight is 228 g/mol. The third-order valence-corrected chi connectivity index (χ3v) is 3.66. The molecule has 0 saturated carbocycles. The summed E-state index contributed by atoms with van der Waals surface area (Å²) in [5, 5.41) is 8.66. The highest BCUT2D eigenvalue weighted by Crippen LogP contribution is 2.43. The van der Waals surface area contributed by atoms with Crippen LogP contribution in [0.5, 0.6) is 0 Å². The molecule has 0 N–H and O–H groups in total. The lowest BCUT2D eigenvalue weighted by Crippen LogP contribution is -2.38. The molecule has 0 radical (unpaired) electrons. The van der Waals surface area contributed by atoms with E-state index in [0.29, 0.717) is 13.0 Å². The normalized spacial score (nSPS) is 22.4. The van der Waals surface area contributed by atoms with Gasteiger partial charge in [0.2, 0.25) is 5.91 Å². The minimum absolute atomic E-state index is 0.122. The van der Waals surface area contributed by atoms with Crippen molar-refractivity contribution in [2.45, 2.75) is 32.1 Å². The number of hydrogen-bond donors (Lipinski definition) is 0. The number of hydrogen-bond acceptors (Lipinski definition) is 2. The van der Waals surface area contributed by atoms with E-state index in [9.17, 15) is 4.79 Å². The summed E-state index contributed by atoms with van der Waals surface area (Å²) in [6, 6.07) is 9.98. The van der Waals surface area contributed by atoms with Gasteiger partial charge in [0.25, 0.3) is 0 Å². The molecule has 0 aliphatic carbocycles. The van der Waals surface area contributed by atoms with Crippen molar-refractivity contribution >= 4 is 11.6 Å². The summed E-state index contributed by atoms with van der Waals surface area (Å²) in [5.74, 6) is 0.122. The second-order valence-electron chi connectivity index (χ2n) is 4.57. The van der Waals surface area contributed by atoms with Crippen molar-refractivity contribution in [3.05, 3.63) is 29.8 Å². The lowest BCUT2D eigenvalue weighted by atomic mass is 9.81. The van der Waals surface area contributed by atoms with E-state index in [4.69, 9.17) is 5.26 Å². The molecular formula is C14H16N2O. The van der Waals surface area contributed by atoms with Crippen LogP contribution in [0, 0.1) is 11.3 Å². The predicted molar refractivity (Wildman–Crippen MR) is 66.7 cm³/mol. The molecule has 1 unspecified atom stereocenters. The molecule has 3 nitrogen and oxygen atoms in total. The fourth-order valence-electron chi connectivity index (χ4n) is 2.42. The van der Waals surface area contributed by atoms with Crippen LogP contribution in [0.25, 0.3) is 0 Å². The van der Waals surface area contributed by atoms with E-state index in [1.807, 2.05) is 38.1 Å². The highest BCUT2D eigenvalue weighted by molar-refractivity contribution is 6.07. The highest BCUT2D eigenvalue weighted by atomic mass is 16.2. The summed E-state index contributed by atoms with van der Waals surface area (Å²) in [6.07, 6.45) is 1.16. The molecule has 1 atom stereocenters. The Bertz CT molecular complexity index is 489. The van der Waals surface area contributed by atoms with Gasteiger partial charge in [0.15, 0.2) is 0 Å². The maximum absolute atomic E-state index is 12.4. The Hall–Kier alpha value is -1.82. The first kappa shape index (κ1) is 11.7. The largest absolute Gasteiger partial charge is 0.310 e. The van der Waals surface area contributed by atoms with Gasteiger partial charge in [-0.2, -0.15) is 5.26 Å². The minimum atomic E-state index is -0.425. The summed E-state index contributed by atoms with van der Waals surface area (Å²) in [5.41, 5.74) is 1.63. The first-order valence-electron chi connectivity index (χ1n) is 5.93. The van der Waals surface area contributed by atoms with Gasteiger partial charge in [-0.15, -0.1) is 0 Å². The molecule has 0 spiro atoms. The average Bonchev–Trinajstić information content (AvgIpc) is 2.58.